The summed E-state index contributed by atoms with van der Waals surface area (Å²) in [6.07, 6.45) is 1.35. The lowest BCUT2D eigenvalue weighted by Gasteiger charge is -2.16. The molecule has 7 nitrogen and oxygen atoms in total. The number of anilines is 1. The maximum absolute atomic E-state index is 13.1. The molecule has 0 aliphatic carbocycles. The Kier molecular flexibility index (Phi) is 5.12. The second kappa shape index (κ2) is 7.18. The highest BCUT2D eigenvalue weighted by Gasteiger charge is 2.51. The highest BCUT2D eigenvalue weighted by Crippen LogP contribution is 2.28. The van der Waals surface area contributed by atoms with E-state index >= 15 is 0 Å². The second-order valence-corrected chi connectivity index (χ2v) is 8.83. The second-order valence-electron chi connectivity index (χ2n) is 6.57. The van der Waals surface area contributed by atoms with Crippen LogP contribution in [-0.2, 0) is 14.6 Å². The first-order valence-corrected chi connectivity index (χ1v) is 10.0. The van der Waals surface area contributed by atoms with E-state index < -0.39 is 44.7 Å². The molecule has 2 saturated heterocycles. The van der Waals surface area contributed by atoms with Gasteiger partial charge in [0.2, 0.25) is 5.91 Å². The number of carbonyl (C=O) groups excluding carboxylic acids is 2. The molecular formula is C16H19F2N3O4S. The maximum atomic E-state index is 13.1. The van der Waals surface area contributed by atoms with Gasteiger partial charge in [0.05, 0.1) is 23.1 Å². The standard InChI is InChI=1S/C16H19F2N3O4S/c17-9-5-10(18)7-11(6-9)19-14(22)4-2-1-3-13-15-12(8-26(13,24)25)20-16(23)21-15/h5-7,12-13,15H,1-4,8H2,(H,19,22)(H2,20,21,23)/t12-,13-,15+/m1/s1. The summed E-state index contributed by atoms with van der Waals surface area (Å²) in [5.74, 6) is -2.05. The van der Waals surface area contributed by atoms with Gasteiger partial charge >= 0.3 is 6.03 Å². The first-order valence-electron chi connectivity index (χ1n) is 8.29. The molecule has 3 amide bonds. The molecule has 26 heavy (non-hydrogen) atoms. The summed E-state index contributed by atoms with van der Waals surface area (Å²) in [5, 5.41) is 6.97. The van der Waals surface area contributed by atoms with Gasteiger partial charge in [-0.05, 0) is 25.0 Å². The van der Waals surface area contributed by atoms with E-state index in [1.165, 1.54) is 0 Å². The molecule has 0 aromatic heterocycles. The molecule has 0 radical (unpaired) electrons. The Hall–Kier alpha value is -2.23. The Balaban J connectivity index is 1.46. The lowest BCUT2D eigenvalue weighted by Crippen LogP contribution is -2.39. The van der Waals surface area contributed by atoms with Gasteiger partial charge in [0.1, 0.15) is 11.6 Å². The number of nitrogens with one attached hydrogen (secondary N) is 3. The van der Waals surface area contributed by atoms with E-state index in [9.17, 15) is 26.8 Å². The van der Waals surface area contributed by atoms with Crippen LogP contribution in [0, 0.1) is 11.6 Å². The van der Waals surface area contributed by atoms with Crippen LogP contribution >= 0.6 is 0 Å². The lowest BCUT2D eigenvalue weighted by molar-refractivity contribution is -0.116. The average molecular weight is 387 g/mol. The van der Waals surface area contributed by atoms with E-state index in [2.05, 4.69) is 16.0 Å². The van der Waals surface area contributed by atoms with Crippen LogP contribution in [0.1, 0.15) is 25.7 Å². The van der Waals surface area contributed by atoms with Crippen LogP contribution in [0.15, 0.2) is 18.2 Å². The van der Waals surface area contributed by atoms with Crippen molar-refractivity contribution in [2.24, 2.45) is 0 Å². The van der Waals surface area contributed by atoms with E-state index in [-0.39, 0.29) is 23.9 Å². The minimum absolute atomic E-state index is 0.0356. The number of urea groups is 1. The van der Waals surface area contributed by atoms with Gasteiger partial charge in [-0.3, -0.25) is 4.79 Å². The van der Waals surface area contributed by atoms with Crippen LogP contribution in [0.5, 0.6) is 0 Å². The molecule has 1 aromatic carbocycles. The lowest BCUT2D eigenvalue weighted by atomic mass is 10.0. The number of benzene rings is 1. The smallest absolute Gasteiger partial charge is 0.315 e. The Labute approximate surface area is 149 Å². The van der Waals surface area contributed by atoms with Crippen molar-refractivity contribution in [2.75, 3.05) is 11.1 Å². The number of rotatable bonds is 6. The molecule has 1 aromatic rings. The van der Waals surface area contributed by atoms with Gasteiger partial charge in [0.15, 0.2) is 9.84 Å². The van der Waals surface area contributed by atoms with Gasteiger partial charge in [0.25, 0.3) is 0 Å². The number of carbonyl (C=O) groups is 2. The number of hydrogen-bond acceptors (Lipinski definition) is 4. The van der Waals surface area contributed by atoms with Gasteiger partial charge in [-0.25, -0.2) is 22.0 Å². The summed E-state index contributed by atoms with van der Waals surface area (Å²) in [4.78, 5) is 23.2. The number of fused-ring (bicyclic) bond motifs is 1. The SMILES string of the molecule is O=C(CCCC[C@@H]1[C@H]2NC(=O)N[C@@H]2CS1(=O)=O)Nc1cc(F)cc(F)c1. The van der Waals surface area contributed by atoms with Crippen molar-refractivity contribution in [3.63, 3.8) is 0 Å². The number of sulfone groups is 1. The number of unbranched alkanes of at least 4 members (excludes halogenated alkanes) is 1. The summed E-state index contributed by atoms with van der Waals surface area (Å²) in [6.45, 7) is 0. The van der Waals surface area contributed by atoms with Gasteiger partial charge in [0, 0.05) is 18.2 Å². The highest BCUT2D eigenvalue weighted by molar-refractivity contribution is 7.92. The molecule has 0 bridgehead atoms. The Bertz CT molecular complexity index is 811. The third-order valence-corrected chi connectivity index (χ3v) is 6.89. The van der Waals surface area contributed by atoms with Crippen molar-refractivity contribution < 1.29 is 26.8 Å². The first kappa shape index (κ1) is 18.6. The molecule has 2 fully saturated rings. The molecule has 142 valence electrons. The van der Waals surface area contributed by atoms with Gasteiger partial charge in [-0.1, -0.05) is 6.42 Å². The van der Waals surface area contributed by atoms with Gasteiger partial charge in [-0.15, -0.1) is 0 Å². The predicted molar refractivity (Wildman–Crippen MR) is 90.3 cm³/mol. The van der Waals surface area contributed by atoms with Crippen LogP contribution in [0.4, 0.5) is 19.3 Å². The molecule has 2 aliphatic rings. The highest BCUT2D eigenvalue weighted by atomic mass is 32.2. The fourth-order valence-corrected chi connectivity index (χ4v) is 5.75. The van der Waals surface area contributed by atoms with Crippen molar-refractivity contribution in [3.8, 4) is 0 Å². The zero-order valence-electron chi connectivity index (χ0n) is 13.8. The minimum atomic E-state index is -3.29. The molecular weight excluding hydrogens is 368 g/mol. The number of halogens is 2. The zero-order valence-corrected chi connectivity index (χ0v) is 14.6. The Morgan fingerprint density at radius 3 is 2.54 bits per heavy atom. The van der Waals surface area contributed by atoms with E-state index in [0.29, 0.717) is 25.3 Å². The van der Waals surface area contributed by atoms with Crippen molar-refractivity contribution >= 4 is 27.5 Å². The summed E-state index contributed by atoms with van der Waals surface area (Å²) < 4.78 is 50.5. The molecule has 3 rings (SSSR count). The molecule has 2 aliphatic heterocycles. The predicted octanol–water partition coefficient (Wildman–Crippen LogP) is 1.31. The topological polar surface area (TPSA) is 104 Å². The van der Waals surface area contributed by atoms with E-state index in [0.717, 1.165) is 12.1 Å². The first-order chi connectivity index (χ1) is 12.2. The average Bonchev–Trinajstić information content (AvgIpc) is 2.94. The third kappa shape index (κ3) is 4.12. The van der Waals surface area contributed by atoms with Crippen molar-refractivity contribution in [1.82, 2.24) is 10.6 Å². The van der Waals surface area contributed by atoms with Gasteiger partial charge in [-0.2, -0.15) is 0 Å². The van der Waals surface area contributed by atoms with Crippen LogP contribution in [0.25, 0.3) is 0 Å². The molecule has 2 heterocycles. The van der Waals surface area contributed by atoms with Crippen molar-refractivity contribution in [1.29, 1.82) is 0 Å². The molecule has 0 saturated carbocycles. The fourth-order valence-electron chi connectivity index (χ4n) is 3.49. The molecule has 10 heteroatoms. The summed E-state index contributed by atoms with van der Waals surface area (Å²) in [6, 6.07) is 1.55. The normalized spacial score (nSPS) is 26.1. The number of hydrogen-bond donors (Lipinski definition) is 3. The van der Waals surface area contributed by atoms with Crippen LogP contribution in [0.3, 0.4) is 0 Å². The van der Waals surface area contributed by atoms with Crippen molar-refractivity contribution in [2.45, 2.75) is 43.0 Å². The van der Waals surface area contributed by atoms with E-state index in [1.54, 1.807) is 0 Å². The van der Waals surface area contributed by atoms with Crippen LogP contribution in [0.2, 0.25) is 0 Å². The quantitative estimate of drug-likeness (QED) is 0.506. The summed E-state index contributed by atoms with van der Waals surface area (Å²) in [7, 11) is -3.29. The molecule has 3 atom stereocenters. The Morgan fingerprint density at radius 1 is 1.15 bits per heavy atom. The largest absolute Gasteiger partial charge is 0.332 e. The monoisotopic (exact) mass is 387 g/mol. The van der Waals surface area contributed by atoms with Crippen LogP contribution in [-0.4, -0.2) is 43.4 Å². The third-order valence-electron chi connectivity index (χ3n) is 4.61. The number of amides is 3. The van der Waals surface area contributed by atoms with E-state index in [4.69, 9.17) is 0 Å². The zero-order chi connectivity index (χ0) is 18.9. The molecule has 0 unspecified atom stereocenters. The molecule has 0 spiro atoms. The van der Waals surface area contributed by atoms with E-state index in [1.807, 2.05) is 0 Å². The maximum Gasteiger partial charge on any atom is 0.315 e. The summed E-state index contributed by atoms with van der Waals surface area (Å²) in [5.41, 5.74) is 0.0356. The van der Waals surface area contributed by atoms with Crippen LogP contribution < -0.4 is 16.0 Å². The molecule has 3 N–H and O–H groups in total. The van der Waals surface area contributed by atoms with Gasteiger partial charge < -0.3 is 16.0 Å². The minimum Gasteiger partial charge on any atom is -0.332 e. The Morgan fingerprint density at radius 2 is 1.85 bits per heavy atom. The van der Waals surface area contributed by atoms with Crippen molar-refractivity contribution in [3.05, 3.63) is 29.8 Å². The summed E-state index contributed by atoms with van der Waals surface area (Å²) >= 11 is 0. The fraction of sp³-hybridized carbons (Fsp3) is 0.500.